The van der Waals surface area contributed by atoms with Gasteiger partial charge >= 0.3 is 0 Å². The Kier molecular flexibility index (Phi) is 6.41. The number of aliphatic hydroxyl groups excluding tert-OH is 1. The Bertz CT molecular complexity index is 803. The number of amides is 3. The molecule has 11 nitrogen and oxygen atoms in total. The quantitative estimate of drug-likeness (QED) is 0.527. The summed E-state index contributed by atoms with van der Waals surface area (Å²) in [7, 11) is 1.52. The Morgan fingerprint density at radius 2 is 2.13 bits per heavy atom. The van der Waals surface area contributed by atoms with Gasteiger partial charge in [-0.2, -0.15) is 0 Å². The Labute approximate surface area is 175 Å². The Hall–Kier alpha value is -2.53. The molecular weight excluding hydrogens is 390 g/mol. The molecule has 0 aliphatic carbocycles. The molecule has 3 rings (SSSR count). The van der Waals surface area contributed by atoms with Crippen LogP contribution >= 0.6 is 0 Å². The minimum atomic E-state index is -0.742. The average molecular weight is 422 g/mol. The van der Waals surface area contributed by atoms with E-state index in [4.69, 9.17) is 0 Å². The average Bonchev–Trinajstić information content (AvgIpc) is 3.26. The summed E-state index contributed by atoms with van der Waals surface area (Å²) < 4.78 is 1.54. The van der Waals surface area contributed by atoms with Crippen LogP contribution in [0.5, 0.6) is 0 Å². The molecule has 0 spiro atoms. The number of likely N-dealkylation sites (tertiary alicyclic amines) is 1. The molecule has 3 amide bonds. The van der Waals surface area contributed by atoms with Crippen molar-refractivity contribution in [2.45, 2.75) is 51.9 Å². The van der Waals surface area contributed by atoms with Gasteiger partial charge in [-0.05, 0) is 5.41 Å². The summed E-state index contributed by atoms with van der Waals surface area (Å²) in [5.74, 6) is -0.596. The fourth-order valence-corrected chi connectivity index (χ4v) is 4.08. The number of carbonyl (C=O) groups is 3. The lowest BCUT2D eigenvalue weighted by Gasteiger charge is -2.34. The van der Waals surface area contributed by atoms with Gasteiger partial charge in [0, 0.05) is 39.6 Å². The number of aromatic nitrogens is 3. The van der Waals surface area contributed by atoms with E-state index in [0.29, 0.717) is 25.3 Å². The van der Waals surface area contributed by atoms with Crippen molar-refractivity contribution in [3.8, 4) is 0 Å². The Morgan fingerprint density at radius 1 is 1.40 bits per heavy atom. The number of likely N-dealkylation sites (N-methyl/N-ethyl adjacent to an activating group) is 1. The zero-order chi connectivity index (χ0) is 22.1. The van der Waals surface area contributed by atoms with Crippen molar-refractivity contribution in [3.63, 3.8) is 0 Å². The van der Waals surface area contributed by atoms with Crippen molar-refractivity contribution in [2.75, 3.05) is 33.2 Å². The largest absolute Gasteiger partial charge is 0.391 e. The summed E-state index contributed by atoms with van der Waals surface area (Å²) in [6.45, 7) is 7.95. The maximum absolute atomic E-state index is 13.5. The molecule has 3 N–H and O–H groups in total. The highest BCUT2D eigenvalue weighted by atomic mass is 16.3. The van der Waals surface area contributed by atoms with Crippen molar-refractivity contribution in [2.24, 2.45) is 5.41 Å². The van der Waals surface area contributed by atoms with Gasteiger partial charge in [0.15, 0.2) is 0 Å². The van der Waals surface area contributed by atoms with Crippen LogP contribution in [0.15, 0.2) is 6.20 Å². The minimum absolute atomic E-state index is 0.0239. The number of β-amino-alcohol motifs (C(OH)–C–C–N with tert-alkyl or cyclic N) is 1. The normalized spacial score (nSPS) is 23.9. The molecule has 0 aromatic carbocycles. The monoisotopic (exact) mass is 421 g/mol. The zero-order valence-corrected chi connectivity index (χ0v) is 18.0. The third-order valence-corrected chi connectivity index (χ3v) is 5.49. The minimum Gasteiger partial charge on any atom is -0.391 e. The first-order chi connectivity index (χ1) is 14.1. The van der Waals surface area contributed by atoms with Gasteiger partial charge in [-0.3, -0.25) is 19.3 Å². The lowest BCUT2D eigenvalue weighted by atomic mass is 9.85. The maximum Gasteiger partial charge on any atom is 0.248 e. The number of piperazine rings is 1. The van der Waals surface area contributed by atoms with E-state index in [1.807, 2.05) is 25.7 Å². The summed E-state index contributed by atoms with van der Waals surface area (Å²) >= 11 is 0. The summed E-state index contributed by atoms with van der Waals surface area (Å²) in [4.78, 5) is 40.7. The van der Waals surface area contributed by atoms with Gasteiger partial charge in [-0.1, -0.05) is 26.0 Å². The first-order valence-electron chi connectivity index (χ1n) is 10.2. The molecule has 11 heteroatoms. The molecule has 2 fully saturated rings. The van der Waals surface area contributed by atoms with Crippen LogP contribution in [0.25, 0.3) is 0 Å². The second-order valence-corrected chi connectivity index (χ2v) is 9.03. The topological polar surface area (TPSA) is 133 Å². The van der Waals surface area contributed by atoms with Crippen LogP contribution in [-0.2, 0) is 20.9 Å². The van der Waals surface area contributed by atoms with E-state index in [-0.39, 0.29) is 30.7 Å². The third-order valence-electron chi connectivity index (χ3n) is 5.49. The standard InChI is InChI=1S/C19H31N7O4/c1-19(2,3)16(18(30)25-10-13(27)7-14(25)17(29)20-4)26-9-12(22-23-26)8-24-6-5-21-15(28)11-24/h9,13-14,16,27H,5-8,10-11H2,1-4H3,(H,20,29)(H,21,28)/t13?,14?,16-/m1/s1. The number of nitrogens with zero attached hydrogens (tertiary/aromatic N) is 5. The number of aliphatic hydroxyl groups is 1. The highest BCUT2D eigenvalue weighted by Gasteiger charge is 2.45. The smallest absolute Gasteiger partial charge is 0.248 e. The van der Waals surface area contributed by atoms with Crippen LogP contribution in [0.3, 0.4) is 0 Å². The van der Waals surface area contributed by atoms with E-state index in [0.717, 1.165) is 6.54 Å². The van der Waals surface area contributed by atoms with E-state index < -0.39 is 23.6 Å². The molecule has 166 valence electrons. The van der Waals surface area contributed by atoms with Crippen molar-refractivity contribution < 1.29 is 19.5 Å². The van der Waals surface area contributed by atoms with Gasteiger partial charge in [-0.15, -0.1) is 5.10 Å². The highest BCUT2D eigenvalue weighted by molar-refractivity contribution is 5.90. The van der Waals surface area contributed by atoms with E-state index in [9.17, 15) is 19.5 Å². The summed E-state index contributed by atoms with van der Waals surface area (Å²) in [6, 6.07) is -1.40. The number of hydrogen-bond donors (Lipinski definition) is 3. The summed E-state index contributed by atoms with van der Waals surface area (Å²) in [5.41, 5.74) is 0.157. The first-order valence-corrected chi connectivity index (χ1v) is 10.2. The van der Waals surface area contributed by atoms with Gasteiger partial charge in [0.05, 0.1) is 24.5 Å². The molecule has 2 aliphatic heterocycles. The second-order valence-electron chi connectivity index (χ2n) is 9.03. The molecule has 0 bridgehead atoms. The molecule has 2 saturated heterocycles. The van der Waals surface area contributed by atoms with Crippen LogP contribution in [0.1, 0.15) is 38.9 Å². The molecule has 1 aromatic rings. The summed E-state index contributed by atoms with van der Waals surface area (Å²) in [5, 5.41) is 23.8. The van der Waals surface area contributed by atoms with Crippen LogP contribution in [-0.4, -0.2) is 93.0 Å². The maximum atomic E-state index is 13.5. The molecule has 0 radical (unpaired) electrons. The second kappa shape index (κ2) is 8.68. The van der Waals surface area contributed by atoms with Crippen LogP contribution < -0.4 is 10.6 Å². The Balaban J connectivity index is 1.81. The van der Waals surface area contributed by atoms with Crippen molar-refractivity contribution >= 4 is 17.7 Å². The van der Waals surface area contributed by atoms with Gasteiger partial charge < -0.3 is 20.6 Å². The molecular formula is C19H31N7O4. The third kappa shape index (κ3) is 4.78. The van der Waals surface area contributed by atoms with Gasteiger partial charge in [0.25, 0.3) is 0 Å². The Morgan fingerprint density at radius 3 is 2.77 bits per heavy atom. The SMILES string of the molecule is CNC(=O)C1CC(O)CN1C(=O)[C@@H](n1cc(CN2CCNC(=O)C2)nn1)C(C)(C)C. The number of hydrogen-bond acceptors (Lipinski definition) is 7. The van der Waals surface area contributed by atoms with E-state index in [1.165, 1.54) is 16.6 Å². The van der Waals surface area contributed by atoms with E-state index >= 15 is 0 Å². The molecule has 2 aliphatic rings. The summed E-state index contributed by atoms with van der Waals surface area (Å²) in [6.07, 6.45) is 1.19. The molecule has 3 atom stereocenters. The molecule has 30 heavy (non-hydrogen) atoms. The zero-order valence-electron chi connectivity index (χ0n) is 18.0. The van der Waals surface area contributed by atoms with Gasteiger partial charge in [0.1, 0.15) is 12.1 Å². The number of rotatable bonds is 5. The fourth-order valence-electron chi connectivity index (χ4n) is 4.08. The van der Waals surface area contributed by atoms with Crippen molar-refractivity contribution in [1.82, 2.24) is 35.4 Å². The van der Waals surface area contributed by atoms with Gasteiger partial charge in [-0.25, -0.2) is 4.68 Å². The molecule has 3 heterocycles. The van der Waals surface area contributed by atoms with Crippen LogP contribution in [0, 0.1) is 5.41 Å². The predicted molar refractivity (Wildman–Crippen MR) is 107 cm³/mol. The molecule has 1 aromatic heterocycles. The van der Waals surface area contributed by atoms with Gasteiger partial charge in [0.2, 0.25) is 17.7 Å². The fraction of sp³-hybridized carbons (Fsp3) is 0.737. The van der Waals surface area contributed by atoms with Crippen LogP contribution in [0.4, 0.5) is 0 Å². The molecule has 0 saturated carbocycles. The lowest BCUT2D eigenvalue weighted by Crippen LogP contribution is -2.49. The number of carbonyl (C=O) groups excluding carboxylic acids is 3. The van der Waals surface area contributed by atoms with Crippen molar-refractivity contribution in [1.29, 1.82) is 0 Å². The lowest BCUT2D eigenvalue weighted by molar-refractivity contribution is -0.144. The number of nitrogens with one attached hydrogen (secondary N) is 2. The predicted octanol–water partition coefficient (Wildman–Crippen LogP) is -1.50. The first kappa shape index (κ1) is 22.2. The van der Waals surface area contributed by atoms with E-state index in [1.54, 1.807) is 6.20 Å². The van der Waals surface area contributed by atoms with Crippen LogP contribution in [0.2, 0.25) is 0 Å². The van der Waals surface area contributed by atoms with E-state index in [2.05, 4.69) is 20.9 Å². The highest BCUT2D eigenvalue weighted by Crippen LogP contribution is 2.34. The van der Waals surface area contributed by atoms with Crippen molar-refractivity contribution in [3.05, 3.63) is 11.9 Å². The molecule has 2 unspecified atom stereocenters.